The first kappa shape index (κ1) is 21.5. The van der Waals surface area contributed by atoms with Crippen LogP contribution in [-0.4, -0.2) is 34.6 Å². The SMILES string of the molecule is Cc1cc(Cl)c2c(c1)[C@@]1([NH2+][C@H](CC(N)=O)[C@H]3C(=O)N(Cc4ccc(F)cc4)C(=O)[C@H]31)C(=O)N2. The number of likely N-dealkylation sites (tertiary alicyclic amines) is 1. The molecule has 1 spiro atoms. The second-order valence-corrected chi connectivity index (χ2v) is 9.29. The van der Waals surface area contributed by atoms with Crippen molar-refractivity contribution < 1.29 is 28.9 Å². The Balaban J connectivity index is 1.62. The molecule has 0 saturated carbocycles. The minimum absolute atomic E-state index is 0.0621. The van der Waals surface area contributed by atoms with Crippen molar-refractivity contribution in [3.05, 3.63) is 63.9 Å². The van der Waals surface area contributed by atoms with Gasteiger partial charge in [0.05, 0.1) is 23.7 Å². The summed E-state index contributed by atoms with van der Waals surface area (Å²) in [6.45, 7) is 1.76. The fourth-order valence-electron chi connectivity index (χ4n) is 5.56. The van der Waals surface area contributed by atoms with Gasteiger partial charge in [-0.3, -0.25) is 24.1 Å². The van der Waals surface area contributed by atoms with Gasteiger partial charge in [0.1, 0.15) is 23.7 Å². The van der Waals surface area contributed by atoms with Gasteiger partial charge in [0, 0.05) is 5.56 Å². The van der Waals surface area contributed by atoms with Gasteiger partial charge >= 0.3 is 0 Å². The molecule has 8 nitrogen and oxygen atoms in total. The summed E-state index contributed by atoms with van der Waals surface area (Å²) in [5, 5.41) is 4.74. The molecule has 3 heterocycles. The van der Waals surface area contributed by atoms with E-state index in [1.165, 1.54) is 24.3 Å². The molecule has 0 unspecified atom stereocenters. The van der Waals surface area contributed by atoms with Crippen LogP contribution in [0.4, 0.5) is 10.1 Å². The second kappa shape index (κ2) is 7.36. The maximum atomic E-state index is 13.7. The van der Waals surface area contributed by atoms with Crippen molar-refractivity contribution in [2.45, 2.75) is 31.5 Å². The summed E-state index contributed by atoms with van der Waals surface area (Å²) in [6, 6.07) is 8.27. The van der Waals surface area contributed by atoms with E-state index >= 15 is 0 Å². The van der Waals surface area contributed by atoms with E-state index < -0.39 is 52.9 Å². The van der Waals surface area contributed by atoms with E-state index in [4.69, 9.17) is 17.3 Å². The molecule has 2 saturated heterocycles. The zero-order valence-electron chi connectivity index (χ0n) is 17.6. The minimum Gasteiger partial charge on any atom is -0.369 e. The molecule has 0 radical (unpaired) electrons. The van der Waals surface area contributed by atoms with Crippen LogP contribution < -0.4 is 16.4 Å². The summed E-state index contributed by atoms with van der Waals surface area (Å²) in [4.78, 5) is 53.4. The van der Waals surface area contributed by atoms with E-state index in [-0.39, 0.29) is 13.0 Å². The normalized spacial score (nSPS) is 27.8. The lowest BCUT2D eigenvalue weighted by Gasteiger charge is -2.26. The number of benzene rings is 2. The monoisotopic (exact) mass is 471 g/mol. The molecule has 0 aliphatic carbocycles. The van der Waals surface area contributed by atoms with Crippen LogP contribution >= 0.6 is 11.6 Å². The Bertz CT molecular complexity index is 1230. The lowest BCUT2D eigenvalue weighted by atomic mass is 9.76. The van der Waals surface area contributed by atoms with E-state index in [1.54, 1.807) is 17.4 Å². The third-order valence-electron chi connectivity index (χ3n) is 6.86. The summed E-state index contributed by atoms with van der Waals surface area (Å²) in [6.07, 6.45) is -0.172. The number of fused-ring (bicyclic) bond motifs is 4. The molecule has 5 N–H and O–H groups in total. The highest BCUT2D eigenvalue weighted by atomic mass is 35.5. The summed E-state index contributed by atoms with van der Waals surface area (Å²) >= 11 is 6.38. The predicted molar refractivity (Wildman–Crippen MR) is 115 cm³/mol. The van der Waals surface area contributed by atoms with Gasteiger partial charge in [-0.25, -0.2) is 4.39 Å². The number of amides is 4. The third-order valence-corrected chi connectivity index (χ3v) is 7.15. The van der Waals surface area contributed by atoms with Crippen molar-refractivity contribution in [3.8, 4) is 0 Å². The number of nitrogens with zero attached hydrogens (tertiary/aromatic N) is 1. The second-order valence-electron chi connectivity index (χ2n) is 8.89. The van der Waals surface area contributed by atoms with Crippen molar-refractivity contribution in [1.82, 2.24) is 4.90 Å². The molecular formula is C23H21ClFN4O4+. The average molecular weight is 472 g/mol. The van der Waals surface area contributed by atoms with Gasteiger partial charge in [0.15, 0.2) is 0 Å². The number of nitrogens with one attached hydrogen (secondary N) is 1. The van der Waals surface area contributed by atoms with Crippen LogP contribution in [0.3, 0.4) is 0 Å². The number of halogens is 2. The molecular weight excluding hydrogens is 451 g/mol. The topological polar surface area (TPSA) is 126 Å². The summed E-state index contributed by atoms with van der Waals surface area (Å²) in [7, 11) is 0. The first-order chi connectivity index (χ1) is 15.6. The number of nitrogens with two attached hydrogens (primary N) is 2. The first-order valence-electron chi connectivity index (χ1n) is 10.5. The number of carbonyl (C=O) groups is 4. The minimum atomic E-state index is -1.44. The van der Waals surface area contributed by atoms with Crippen molar-refractivity contribution in [2.24, 2.45) is 17.6 Å². The summed E-state index contributed by atoms with van der Waals surface area (Å²) < 4.78 is 13.3. The summed E-state index contributed by atoms with van der Waals surface area (Å²) in [5.41, 5.74) is 6.28. The Morgan fingerprint density at radius 3 is 2.58 bits per heavy atom. The van der Waals surface area contributed by atoms with E-state index in [0.717, 1.165) is 10.5 Å². The molecule has 3 aliphatic heterocycles. The number of imide groups is 1. The van der Waals surface area contributed by atoms with Crippen LogP contribution in [0.2, 0.25) is 5.02 Å². The zero-order chi connectivity index (χ0) is 23.7. The molecule has 33 heavy (non-hydrogen) atoms. The highest BCUT2D eigenvalue weighted by Gasteiger charge is 2.74. The molecule has 170 valence electrons. The average Bonchev–Trinajstić information content (AvgIpc) is 3.31. The maximum Gasteiger partial charge on any atom is 0.291 e. The van der Waals surface area contributed by atoms with E-state index in [1.807, 2.05) is 6.92 Å². The molecule has 5 rings (SSSR count). The van der Waals surface area contributed by atoms with Gasteiger partial charge in [-0.15, -0.1) is 0 Å². The number of quaternary nitrogens is 1. The van der Waals surface area contributed by atoms with Gasteiger partial charge in [-0.05, 0) is 42.3 Å². The summed E-state index contributed by atoms with van der Waals surface area (Å²) in [5.74, 6) is -4.47. The quantitative estimate of drug-likeness (QED) is 0.563. The highest BCUT2D eigenvalue weighted by molar-refractivity contribution is 6.35. The van der Waals surface area contributed by atoms with Crippen LogP contribution in [0.1, 0.15) is 23.1 Å². The Labute approximate surface area is 193 Å². The van der Waals surface area contributed by atoms with Gasteiger partial charge in [-0.2, -0.15) is 0 Å². The van der Waals surface area contributed by atoms with Crippen LogP contribution in [0.5, 0.6) is 0 Å². The lowest BCUT2D eigenvalue weighted by molar-refractivity contribution is -0.732. The molecule has 0 bridgehead atoms. The van der Waals surface area contributed by atoms with E-state index in [2.05, 4.69) is 5.32 Å². The fourth-order valence-corrected chi connectivity index (χ4v) is 5.88. The van der Waals surface area contributed by atoms with Crippen molar-refractivity contribution in [2.75, 3.05) is 5.32 Å². The van der Waals surface area contributed by atoms with Crippen molar-refractivity contribution in [1.29, 1.82) is 0 Å². The van der Waals surface area contributed by atoms with Crippen molar-refractivity contribution in [3.63, 3.8) is 0 Å². The number of anilines is 1. The van der Waals surface area contributed by atoms with Gasteiger partial charge in [-0.1, -0.05) is 23.7 Å². The lowest BCUT2D eigenvalue weighted by Crippen LogP contribution is -2.99. The van der Waals surface area contributed by atoms with Crippen LogP contribution in [0.15, 0.2) is 36.4 Å². The molecule has 4 amide bonds. The molecule has 0 aromatic heterocycles. The Morgan fingerprint density at radius 1 is 1.21 bits per heavy atom. The molecule has 2 fully saturated rings. The van der Waals surface area contributed by atoms with Gasteiger partial charge in [0.2, 0.25) is 23.3 Å². The predicted octanol–water partition coefficient (Wildman–Crippen LogP) is 0.557. The largest absolute Gasteiger partial charge is 0.369 e. The highest BCUT2D eigenvalue weighted by Crippen LogP contribution is 2.51. The number of carbonyl (C=O) groups excluding carboxylic acids is 4. The fraction of sp³-hybridized carbons (Fsp3) is 0.304. The molecule has 2 aromatic carbocycles. The number of aryl methyl sites for hydroxylation is 1. The van der Waals surface area contributed by atoms with E-state index in [9.17, 15) is 23.6 Å². The van der Waals surface area contributed by atoms with Crippen LogP contribution in [-0.2, 0) is 31.3 Å². The molecule has 3 aliphatic rings. The number of primary amides is 1. The van der Waals surface area contributed by atoms with Crippen LogP contribution in [0, 0.1) is 24.6 Å². The number of hydrogen-bond donors (Lipinski definition) is 3. The van der Waals surface area contributed by atoms with Gasteiger partial charge in [0.25, 0.3) is 5.91 Å². The van der Waals surface area contributed by atoms with Crippen molar-refractivity contribution >= 4 is 40.9 Å². The molecule has 2 aromatic rings. The third kappa shape index (κ3) is 3.07. The first-order valence-corrected chi connectivity index (χ1v) is 10.9. The zero-order valence-corrected chi connectivity index (χ0v) is 18.4. The smallest absolute Gasteiger partial charge is 0.291 e. The number of rotatable bonds is 4. The maximum absolute atomic E-state index is 13.7. The molecule has 4 atom stereocenters. The Kier molecular flexibility index (Phi) is 4.80. The van der Waals surface area contributed by atoms with Crippen LogP contribution in [0.25, 0.3) is 0 Å². The standard InChI is InChI=1S/C23H20ClFN4O4/c1-10-6-13-19(14(24)7-10)27-22(33)23(13)18-17(15(28-23)8-16(26)30)20(31)29(21(18)32)9-11-2-4-12(25)5-3-11/h2-7,15,17-18,28H,8-9H2,1H3,(H2,26,30)(H,27,33)/p+1/t15-,17-,18+,23+/m1/s1. The Morgan fingerprint density at radius 2 is 1.91 bits per heavy atom. The van der Waals surface area contributed by atoms with E-state index in [0.29, 0.717) is 21.8 Å². The van der Waals surface area contributed by atoms with Gasteiger partial charge < -0.3 is 16.4 Å². The number of hydrogen-bond acceptors (Lipinski definition) is 4. The molecule has 10 heteroatoms. The Hall–Kier alpha value is -3.30.